The smallest absolute Gasteiger partial charge is 0.323 e. The number of rotatable bonds is 8. The van der Waals surface area contributed by atoms with Crippen LogP contribution in [0.15, 0.2) is 48.5 Å². The Morgan fingerprint density at radius 3 is 2.10 bits per heavy atom. The number of nitrogens with one attached hydrogen (secondary N) is 4. The summed E-state index contributed by atoms with van der Waals surface area (Å²) in [4.78, 5) is 41.4. The van der Waals surface area contributed by atoms with Gasteiger partial charge in [-0.3, -0.25) is 10.2 Å². The molecule has 3 aromatic rings. The van der Waals surface area contributed by atoms with Gasteiger partial charge in [-0.2, -0.15) is 15.0 Å². The summed E-state index contributed by atoms with van der Waals surface area (Å²) in [6.07, 6.45) is 4.76. The molecule has 12 nitrogen and oxygen atoms in total. The minimum atomic E-state index is -0.384. The van der Waals surface area contributed by atoms with Gasteiger partial charge in [0.25, 0.3) is 5.91 Å². The van der Waals surface area contributed by atoms with E-state index in [2.05, 4.69) is 31.3 Å². The van der Waals surface area contributed by atoms with Crippen molar-refractivity contribution in [1.82, 2.24) is 25.4 Å². The molecule has 4 N–H and O–H groups in total. The lowest BCUT2D eigenvalue weighted by molar-refractivity contribution is 0.0299. The van der Waals surface area contributed by atoms with Gasteiger partial charge in [-0.05, 0) is 88.1 Å². The highest BCUT2D eigenvalue weighted by Gasteiger charge is 2.35. The van der Waals surface area contributed by atoms with Gasteiger partial charge in [0, 0.05) is 54.7 Å². The highest BCUT2D eigenvalue weighted by atomic mass is 16.5. The number of carbonyl (C=O) groups is 2. The Bertz CT molecular complexity index is 1400. The zero-order chi connectivity index (χ0) is 29.1. The van der Waals surface area contributed by atoms with Crippen LogP contribution in [0.2, 0.25) is 0 Å². The quantitative estimate of drug-likeness (QED) is 0.315. The number of urea groups is 1. The number of ether oxygens (including phenoxy) is 1. The molecule has 3 aliphatic heterocycles. The fourth-order valence-corrected chi connectivity index (χ4v) is 5.47. The fourth-order valence-electron chi connectivity index (χ4n) is 5.47. The standard InChI is InChI=1S/C30H37N9O3/c1-19(2)31-28-34-26(35-29(36-28)38-17-24-13-14-25(18-38)42-24)20-5-9-22(10-6-20)32-30(41)33-23-11-7-21(8-12-23)27(40)37-39-15-3-4-16-39/h5-12,19,24-25H,3-4,13-18H2,1-2H3,(H,37,40)(H2,32,33,41)(H,31,34,35,36). The fraction of sp³-hybridized carbons (Fsp3) is 0.433. The van der Waals surface area contributed by atoms with Gasteiger partial charge < -0.3 is 25.6 Å². The number of amides is 3. The molecule has 4 heterocycles. The molecule has 2 bridgehead atoms. The van der Waals surface area contributed by atoms with E-state index in [9.17, 15) is 9.59 Å². The Kier molecular flexibility index (Phi) is 8.15. The van der Waals surface area contributed by atoms with Gasteiger partial charge in [-0.25, -0.2) is 9.80 Å². The van der Waals surface area contributed by atoms with Crippen LogP contribution in [0.25, 0.3) is 11.4 Å². The first-order valence-electron chi connectivity index (χ1n) is 14.7. The Hall–Kier alpha value is -4.29. The van der Waals surface area contributed by atoms with E-state index >= 15 is 0 Å². The maximum atomic E-state index is 12.6. The number of fused-ring (bicyclic) bond motifs is 2. The molecule has 0 spiro atoms. The number of morpholine rings is 1. The summed E-state index contributed by atoms with van der Waals surface area (Å²) in [5.74, 6) is 1.59. The zero-order valence-electron chi connectivity index (χ0n) is 24.0. The number of anilines is 4. The molecule has 6 rings (SSSR count). The van der Waals surface area contributed by atoms with Crippen LogP contribution in [-0.2, 0) is 4.74 Å². The Labute approximate surface area is 245 Å². The Balaban J connectivity index is 1.09. The van der Waals surface area contributed by atoms with E-state index in [4.69, 9.17) is 14.7 Å². The molecule has 12 heteroatoms. The van der Waals surface area contributed by atoms with E-state index < -0.39 is 0 Å². The first-order chi connectivity index (χ1) is 20.4. The zero-order valence-corrected chi connectivity index (χ0v) is 24.0. The van der Waals surface area contributed by atoms with Crippen molar-refractivity contribution >= 4 is 35.2 Å². The van der Waals surface area contributed by atoms with Crippen molar-refractivity contribution in [1.29, 1.82) is 0 Å². The number of nitrogens with zero attached hydrogens (tertiary/aromatic N) is 5. The monoisotopic (exact) mass is 571 g/mol. The van der Waals surface area contributed by atoms with E-state index in [-0.39, 0.29) is 30.2 Å². The van der Waals surface area contributed by atoms with Crippen molar-refractivity contribution in [3.8, 4) is 11.4 Å². The van der Waals surface area contributed by atoms with Crippen LogP contribution in [-0.4, -0.2) is 76.3 Å². The molecular formula is C30H37N9O3. The summed E-state index contributed by atoms with van der Waals surface area (Å²) in [5.41, 5.74) is 5.47. The molecule has 2 unspecified atom stereocenters. The van der Waals surface area contributed by atoms with E-state index in [1.807, 2.05) is 43.1 Å². The third-order valence-electron chi connectivity index (χ3n) is 7.54. The highest BCUT2D eigenvalue weighted by Crippen LogP contribution is 2.30. The summed E-state index contributed by atoms with van der Waals surface area (Å²) >= 11 is 0. The second-order valence-corrected chi connectivity index (χ2v) is 11.3. The maximum Gasteiger partial charge on any atom is 0.323 e. The Morgan fingerprint density at radius 1 is 0.857 bits per heavy atom. The summed E-state index contributed by atoms with van der Waals surface area (Å²) < 4.78 is 5.99. The van der Waals surface area contributed by atoms with E-state index in [1.54, 1.807) is 24.3 Å². The van der Waals surface area contributed by atoms with Crippen LogP contribution in [0, 0.1) is 0 Å². The summed E-state index contributed by atoms with van der Waals surface area (Å²) in [7, 11) is 0. The van der Waals surface area contributed by atoms with Crippen LogP contribution >= 0.6 is 0 Å². The first kappa shape index (κ1) is 27.9. The lowest BCUT2D eigenvalue weighted by atomic mass is 10.2. The largest absolute Gasteiger partial charge is 0.371 e. The predicted molar refractivity (Wildman–Crippen MR) is 161 cm³/mol. The molecule has 3 saturated heterocycles. The van der Waals surface area contributed by atoms with Gasteiger partial charge in [0.05, 0.1) is 12.2 Å². The van der Waals surface area contributed by atoms with Gasteiger partial charge in [-0.1, -0.05) is 0 Å². The van der Waals surface area contributed by atoms with Gasteiger partial charge in [0.1, 0.15) is 0 Å². The average molecular weight is 572 g/mol. The third kappa shape index (κ3) is 6.77. The van der Waals surface area contributed by atoms with E-state index in [0.29, 0.717) is 34.7 Å². The maximum absolute atomic E-state index is 12.6. The van der Waals surface area contributed by atoms with Crippen molar-refractivity contribution in [3.63, 3.8) is 0 Å². The van der Waals surface area contributed by atoms with Crippen LogP contribution < -0.4 is 26.3 Å². The van der Waals surface area contributed by atoms with Crippen molar-refractivity contribution in [2.24, 2.45) is 0 Å². The van der Waals surface area contributed by atoms with Gasteiger partial charge in [0.15, 0.2) is 5.82 Å². The van der Waals surface area contributed by atoms with Crippen LogP contribution in [0.5, 0.6) is 0 Å². The van der Waals surface area contributed by atoms with Crippen molar-refractivity contribution in [2.75, 3.05) is 47.0 Å². The molecule has 220 valence electrons. The molecule has 2 atom stereocenters. The third-order valence-corrected chi connectivity index (χ3v) is 7.54. The normalized spacial score (nSPS) is 20.0. The van der Waals surface area contributed by atoms with Gasteiger partial charge >= 0.3 is 6.03 Å². The number of aromatic nitrogens is 3. The second kappa shape index (κ2) is 12.3. The molecule has 0 radical (unpaired) electrons. The minimum Gasteiger partial charge on any atom is -0.371 e. The van der Waals surface area contributed by atoms with Crippen molar-refractivity contribution < 1.29 is 14.3 Å². The lowest BCUT2D eigenvalue weighted by Gasteiger charge is -2.32. The minimum absolute atomic E-state index is 0.151. The molecular weight excluding hydrogens is 534 g/mol. The summed E-state index contributed by atoms with van der Waals surface area (Å²) in [6.45, 7) is 7.37. The lowest BCUT2D eigenvalue weighted by Crippen LogP contribution is -2.43. The molecule has 3 aliphatic rings. The number of hydrogen-bond acceptors (Lipinski definition) is 9. The molecule has 3 fully saturated rings. The van der Waals surface area contributed by atoms with Crippen LogP contribution in [0.4, 0.5) is 28.1 Å². The van der Waals surface area contributed by atoms with Gasteiger partial charge in [-0.15, -0.1) is 0 Å². The van der Waals surface area contributed by atoms with E-state index in [0.717, 1.165) is 57.4 Å². The van der Waals surface area contributed by atoms with Crippen LogP contribution in [0.3, 0.4) is 0 Å². The molecule has 0 saturated carbocycles. The van der Waals surface area contributed by atoms with Crippen molar-refractivity contribution in [2.45, 2.75) is 57.8 Å². The van der Waals surface area contributed by atoms with E-state index in [1.165, 1.54) is 0 Å². The second-order valence-electron chi connectivity index (χ2n) is 11.3. The molecule has 42 heavy (non-hydrogen) atoms. The number of carbonyl (C=O) groups excluding carboxylic acids is 2. The van der Waals surface area contributed by atoms with Crippen LogP contribution in [0.1, 0.15) is 49.9 Å². The van der Waals surface area contributed by atoms with Gasteiger partial charge in [0.2, 0.25) is 11.9 Å². The molecule has 1 aromatic heterocycles. The SMILES string of the molecule is CC(C)Nc1nc(-c2ccc(NC(=O)Nc3ccc(C(=O)NN4CCCC4)cc3)cc2)nc(N2CC3CCC(C2)O3)n1. The highest BCUT2D eigenvalue weighted by molar-refractivity contribution is 6.00. The topological polar surface area (TPSA) is 137 Å². The molecule has 2 aromatic carbocycles. The summed E-state index contributed by atoms with van der Waals surface area (Å²) in [5, 5.41) is 10.9. The number of hydrazine groups is 1. The number of hydrogen-bond donors (Lipinski definition) is 4. The predicted octanol–water partition coefficient (Wildman–Crippen LogP) is 4.11. The van der Waals surface area contributed by atoms with Crippen molar-refractivity contribution in [3.05, 3.63) is 54.1 Å². The Morgan fingerprint density at radius 2 is 1.48 bits per heavy atom. The molecule has 3 amide bonds. The number of benzene rings is 2. The molecule has 0 aliphatic carbocycles. The summed E-state index contributed by atoms with van der Waals surface area (Å²) in [6, 6.07) is 14.0. The first-order valence-corrected chi connectivity index (χ1v) is 14.7. The average Bonchev–Trinajstić information content (AvgIpc) is 3.61.